The number of unbranched alkanes of at least 4 members (excludes halogenated alkanes) is 2. The lowest BCUT2D eigenvalue weighted by Gasteiger charge is -2.27. The number of fused-ring (bicyclic) bond motifs is 1. The van der Waals surface area contributed by atoms with Crippen LogP contribution in [0.2, 0.25) is 0 Å². The fourth-order valence-corrected chi connectivity index (χ4v) is 6.82. The van der Waals surface area contributed by atoms with Crippen LogP contribution >= 0.6 is 0 Å². The number of hydrogen-bond acceptors (Lipinski definition) is 7. The van der Waals surface area contributed by atoms with E-state index in [9.17, 15) is 14.7 Å². The molecule has 1 saturated heterocycles. The van der Waals surface area contributed by atoms with Crippen LogP contribution in [0.1, 0.15) is 79.8 Å². The third kappa shape index (κ3) is 7.09. The Kier molecular flexibility index (Phi) is 10.7. The monoisotopic (exact) mass is 630 g/mol. The average molecular weight is 631 g/mol. The van der Waals surface area contributed by atoms with Gasteiger partial charge in [0.25, 0.3) is 0 Å². The van der Waals surface area contributed by atoms with Gasteiger partial charge in [-0.25, -0.2) is 0 Å². The lowest BCUT2D eigenvalue weighted by Crippen LogP contribution is -2.35. The number of carboxylic acid groups (broad SMARTS) is 1. The van der Waals surface area contributed by atoms with Crippen LogP contribution in [0.4, 0.5) is 5.69 Å². The van der Waals surface area contributed by atoms with Crippen molar-refractivity contribution in [1.29, 1.82) is 0 Å². The van der Waals surface area contributed by atoms with E-state index in [-0.39, 0.29) is 19.2 Å². The lowest BCUT2D eigenvalue weighted by atomic mass is 9.82. The first kappa shape index (κ1) is 33.1. The number of aliphatic carboxylic acids is 1. The SMILES string of the molecule is CCCCCOc1ccc([C@H]2C(C(=O)O)[C@@H](c3cc(OC)c4c(c3)OCO4)CN2CC(=O)Nc2c(CC)cc(C)cc2CC)cc1. The van der Waals surface area contributed by atoms with Crippen molar-refractivity contribution in [3.05, 3.63) is 76.3 Å². The zero-order valence-electron chi connectivity index (χ0n) is 27.6. The molecule has 3 aromatic rings. The van der Waals surface area contributed by atoms with Gasteiger partial charge in [0.15, 0.2) is 11.5 Å². The summed E-state index contributed by atoms with van der Waals surface area (Å²) in [5.41, 5.74) is 5.77. The van der Waals surface area contributed by atoms with E-state index in [0.29, 0.717) is 30.4 Å². The van der Waals surface area contributed by atoms with Gasteiger partial charge >= 0.3 is 5.97 Å². The Bertz CT molecular complexity index is 1510. The molecule has 2 aliphatic heterocycles. The second kappa shape index (κ2) is 14.9. The van der Waals surface area contributed by atoms with Crippen LogP contribution in [0.25, 0.3) is 0 Å². The number of nitrogens with zero attached hydrogens (tertiary/aromatic N) is 1. The van der Waals surface area contributed by atoms with E-state index in [1.807, 2.05) is 41.3 Å². The molecule has 0 bridgehead atoms. The van der Waals surface area contributed by atoms with E-state index < -0.39 is 23.8 Å². The van der Waals surface area contributed by atoms with Crippen LogP contribution < -0.4 is 24.3 Å². The van der Waals surface area contributed by atoms with Crippen LogP contribution in [0.3, 0.4) is 0 Å². The maximum absolute atomic E-state index is 13.8. The van der Waals surface area contributed by atoms with E-state index in [0.717, 1.165) is 71.4 Å². The number of carbonyl (C=O) groups is 2. The Labute approximate surface area is 271 Å². The molecular formula is C37H46N2O7. The Hall–Kier alpha value is -4.24. The summed E-state index contributed by atoms with van der Waals surface area (Å²) >= 11 is 0. The molecule has 1 unspecified atom stereocenters. The summed E-state index contributed by atoms with van der Waals surface area (Å²) in [6.07, 6.45) is 4.78. The van der Waals surface area contributed by atoms with Gasteiger partial charge < -0.3 is 29.4 Å². The number of nitrogens with one attached hydrogen (secondary N) is 1. The van der Waals surface area contributed by atoms with E-state index in [1.165, 1.54) is 0 Å². The van der Waals surface area contributed by atoms with Crippen LogP contribution in [0, 0.1) is 12.8 Å². The van der Waals surface area contributed by atoms with Gasteiger partial charge in [-0.15, -0.1) is 0 Å². The molecule has 2 N–H and O–H groups in total. The fraction of sp³-hybridized carbons (Fsp3) is 0.459. The van der Waals surface area contributed by atoms with Crippen LogP contribution in [0.15, 0.2) is 48.5 Å². The first-order valence-corrected chi connectivity index (χ1v) is 16.4. The number of methoxy groups -OCH3 is 1. The standard InChI is InChI=1S/C37H46N2O7/c1-6-9-10-15-44-28-13-11-26(12-14-28)35-33(37(41)42)29(27-18-30(43-5)36-31(19-27)45-22-46-36)20-39(35)21-32(40)38-34-24(7-2)16-23(4)17-25(34)8-3/h11-14,16-19,29,33,35H,6-10,15,20-22H2,1-5H3,(H,38,40)(H,41,42)/t29-,33?,35+/m1/s1. The van der Waals surface area contributed by atoms with Gasteiger partial charge in [0.2, 0.25) is 18.4 Å². The molecule has 3 atom stereocenters. The topological polar surface area (TPSA) is 107 Å². The van der Waals surface area contributed by atoms with Gasteiger partial charge in [0, 0.05) is 24.2 Å². The molecule has 2 aliphatic rings. The number of amides is 1. The summed E-state index contributed by atoms with van der Waals surface area (Å²) in [5, 5.41) is 13.9. The lowest BCUT2D eigenvalue weighted by molar-refractivity contribution is -0.143. The van der Waals surface area contributed by atoms with Crippen molar-refractivity contribution in [3.8, 4) is 23.0 Å². The molecule has 0 aliphatic carbocycles. The minimum absolute atomic E-state index is 0.0298. The summed E-state index contributed by atoms with van der Waals surface area (Å²) in [6.45, 7) is 9.47. The second-order valence-corrected chi connectivity index (χ2v) is 12.1. The zero-order chi connectivity index (χ0) is 32.8. The number of likely N-dealkylation sites (tertiary alicyclic amines) is 1. The molecule has 0 aromatic heterocycles. The second-order valence-electron chi connectivity index (χ2n) is 12.1. The number of hydrogen-bond donors (Lipinski definition) is 2. The van der Waals surface area contributed by atoms with Crippen molar-refractivity contribution < 1.29 is 33.6 Å². The van der Waals surface area contributed by atoms with Gasteiger partial charge in [-0.05, 0) is 72.7 Å². The normalized spacial score (nSPS) is 18.8. The van der Waals surface area contributed by atoms with Crippen molar-refractivity contribution >= 4 is 17.6 Å². The third-order valence-corrected chi connectivity index (χ3v) is 9.05. The minimum atomic E-state index is -0.936. The van der Waals surface area contributed by atoms with E-state index in [2.05, 4.69) is 45.1 Å². The Balaban J connectivity index is 1.48. The highest BCUT2D eigenvalue weighted by molar-refractivity contribution is 5.94. The molecule has 46 heavy (non-hydrogen) atoms. The number of anilines is 1. The predicted octanol–water partition coefficient (Wildman–Crippen LogP) is 6.91. The van der Waals surface area contributed by atoms with E-state index in [1.54, 1.807) is 7.11 Å². The zero-order valence-corrected chi connectivity index (χ0v) is 27.6. The molecule has 1 amide bonds. The highest BCUT2D eigenvalue weighted by atomic mass is 16.7. The van der Waals surface area contributed by atoms with Crippen LogP contribution in [-0.2, 0) is 22.4 Å². The van der Waals surface area contributed by atoms with E-state index >= 15 is 0 Å². The van der Waals surface area contributed by atoms with E-state index in [4.69, 9.17) is 18.9 Å². The molecule has 246 valence electrons. The minimum Gasteiger partial charge on any atom is -0.494 e. The number of rotatable bonds is 14. The van der Waals surface area contributed by atoms with Gasteiger partial charge in [-0.1, -0.05) is 63.4 Å². The maximum atomic E-state index is 13.8. The first-order valence-electron chi connectivity index (χ1n) is 16.4. The van der Waals surface area contributed by atoms with Crippen molar-refractivity contribution in [2.24, 2.45) is 5.92 Å². The average Bonchev–Trinajstić information content (AvgIpc) is 3.68. The predicted molar refractivity (Wildman–Crippen MR) is 177 cm³/mol. The highest BCUT2D eigenvalue weighted by Crippen LogP contribution is 2.50. The molecule has 0 spiro atoms. The summed E-state index contributed by atoms with van der Waals surface area (Å²) < 4.78 is 22.8. The summed E-state index contributed by atoms with van der Waals surface area (Å²) in [4.78, 5) is 28.9. The Morgan fingerprint density at radius 3 is 2.33 bits per heavy atom. The van der Waals surface area contributed by atoms with Crippen LogP contribution in [-0.4, -0.2) is 55.5 Å². The highest BCUT2D eigenvalue weighted by Gasteiger charge is 2.48. The summed E-state index contributed by atoms with van der Waals surface area (Å²) in [7, 11) is 1.55. The third-order valence-electron chi connectivity index (χ3n) is 9.05. The van der Waals surface area contributed by atoms with Crippen molar-refractivity contribution in [3.63, 3.8) is 0 Å². The molecule has 3 aromatic carbocycles. The number of aryl methyl sites for hydroxylation is 3. The van der Waals surface area contributed by atoms with Gasteiger partial charge in [-0.3, -0.25) is 14.5 Å². The van der Waals surface area contributed by atoms with Crippen molar-refractivity contribution in [2.75, 3.05) is 38.9 Å². The van der Waals surface area contributed by atoms with Crippen LogP contribution in [0.5, 0.6) is 23.0 Å². The number of benzene rings is 3. The largest absolute Gasteiger partial charge is 0.494 e. The Morgan fingerprint density at radius 1 is 0.978 bits per heavy atom. The maximum Gasteiger partial charge on any atom is 0.309 e. The van der Waals surface area contributed by atoms with Gasteiger partial charge in [-0.2, -0.15) is 0 Å². The summed E-state index contributed by atoms with van der Waals surface area (Å²) in [5.74, 6) is -0.137. The first-order chi connectivity index (χ1) is 22.3. The number of carboxylic acids is 1. The molecule has 9 heteroatoms. The van der Waals surface area contributed by atoms with Gasteiger partial charge in [0.05, 0.1) is 26.2 Å². The molecule has 0 radical (unpaired) electrons. The number of carbonyl (C=O) groups excluding carboxylic acids is 1. The molecule has 1 fully saturated rings. The molecule has 2 heterocycles. The van der Waals surface area contributed by atoms with Crippen molar-refractivity contribution in [2.45, 2.75) is 71.8 Å². The smallest absolute Gasteiger partial charge is 0.309 e. The fourth-order valence-electron chi connectivity index (χ4n) is 6.82. The number of ether oxygens (including phenoxy) is 4. The Morgan fingerprint density at radius 2 is 1.70 bits per heavy atom. The summed E-state index contributed by atoms with van der Waals surface area (Å²) in [6, 6.07) is 15.0. The quantitative estimate of drug-likeness (QED) is 0.185. The molecule has 5 rings (SSSR count). The van der Waals surface area contributed by atoms with Gasteiger partial charge in [0.1, 0.15) is 5.75 Å². The van der Waals surface area contributed by atoms with Crippen molar-refractivity contribution in [1.82, 2.24) is 4.90 Å². The molecular weight excluding hydrogens is 584 g/mol. The molecule has 9 nitrogen and oxygen atoms in total. The molecule has 0 saturated carbocycles.